The molecule has 0 aromatic rings. The molecule has 0 aliphatic heterocycles. The highest BCUT2D eigenvalue weighted by Gasteiger charge is 2.67. The normalized spacial score (nSPS) is 18.8. The van der Waals surface area contributed by atoms with Gasteiger partial charge in [-0.25, -0.2) is 0 Å². The van der Waals surface area contributed by atoms with Crippen molar-refractivity contribution in [3.8, 4) is 0 Å². The van der Waals surface area contributed by atoms with Crippen LogP contribution in [0.1, 0.15) is 57.8 Å². The molecular weight excluding hydrogens is 408 g/mol. The van der Waals surface area contributed by atoms with Gasteiger partial charge in [0.15, 0.2) is 0 Å². The van der Waals surface area contributed by atoms with Gasteiger partial charge in [0.2, 0.25) is 0 Å². The lowest BCUT2D eigenvalue weighted by atomic mass is 9.39. The van der Waals surface area contributed by atoms with Crippen molar-refractivity contribution in [2.24, 2.45) is 16.2 Å². The van der Waals surface area contributed by atoms with Crippen LogP contribution in [0.5, 0.6) is 0 Å². The topological polar surface area (TPSA) is 224 Å². The van der Waals surface area contributed by atoms with Gasteiger partial charge < -0.3 is 30.6 Å². The summed E-state index contributed by atoms with van der Waals surface area (Å²) in [5.74, 6) is -9.34. The summed E-state index contributed by atoms with van der Waals surface area (Å²) in [7, 11) is 0. The van der Waals surface area contributed by atoms with E-state index in [1.807, 2.05) is 0 Å². The largest absolute Gasteiger partial charge is 0.481 e. The third-order valence-corrected chi connectivity index (χ3v) is 6.21. The Hall–Kier alpha value is -3.18. The molecule has 30 heavy (non-hydrogen) atoms. The Labute approximate surface area is 170 Å². The fourth-order valence-corrected chi connectivity index (χ4v) is 5.45. The van der Waals surface area contributed by atoms with Gasteiger partial charge >= 0.3 is 35.8 Å². The molecule has 0 amide bonds. The molecule has 1 aliphatic rings. The summed E-state index contributed by atoms with van der Waals surface area (Å²) in [4.78, 5) is 70.2. The predicted octanol–water partition coefficient (Wildman–Crippen LogP) is 0.978. The van der Waals surface area contributed by atoms with Gasteiger partial charge in [-0.05, 0) is 23.7 Å². The molecule has 0 saturated heterocycles. The molecule has 0 heterocycles. The molecule has 1 aliphatic carbocycles. The first kappa shape index (κ1) is 24.9. The van der Waals surface area contributed by atoms with Crippen LogP contribution in [-0.4, -0.2) is 66.5 Å². The van der Waals surface area contributed by atoms with E-state index in [0.717, 1.165) is 0 Å². The van der Waals surface area contributed by atoms with Crippen molar-refractivity contribution in [1.82, 2.24) is 0 Å². The Kier molecular flexibility index (Phi) is 7.54. The summed E-state index contributed by atoms with van der Waals surface area (Å²) < 4.78 is 0. The summed E-state index contributed by atoms with van der Waals surface area (Å²) in [6, 6.07) is 0. The number of carboxylic acid groups (broad SMARTS) is 6. The van der Waals surface area contributed by atoms with E-state index in [-0.39, 0.29) is 19.3 Å². The average Bonchev–Trinajstić information content (AvgIpc) is 2.48. The quantitative estimate of drug-likeness (QED) is 0.254. The summed E-state index contributed by atoms with van der Waals surface area (Å²) in [6.45, 7) is 0. The second kappa shape index (κ2) is 9.09. The highest BCUT2D eigenvalue weighted by molar-refractivity contribution is 5.79. The first-order chi connectivity index (χ1) is 13.7. The smallest absolute Gasteiger partial charge is 0.303 e. The molecular formula is C18H24O12. The molecule has 0 atom stereocenters. The number of aliphatic carboxylic acids is 6. The first-order valence-electron chi connectivity index (χ1n) is 9.02. The second-order valence-corrected chi connectivity index (χ2v) is 7.92. The van der Waals surface area contributed by atoms with Crippen LogP contribution in [0.2, 0.25) is 0 Å². The van der Waals surface area contributed by atoms with Gasteiger partial charge in [0.1, 0.15) is 0 Å². The van der Waals surface area contributed by atoms with Crippen LogP contribution in [0.25, 0.3) is 0 Å². The molecule has 1 rings (SSSR count). The molecule has 0 radical (unpaired) electrons. The third kappa shape index (κ3) is 5.05. The predicted molar refractivity (Wildman–Crippen MR) is 94.7 cm³/mol. The van der Waals surface area contributed by atoms with E-state index in [0.29, 0.717) is 0 Å². The van der Waals surface area contributed by atoms with Gasteiger partial charge in [0, 0.05) is 5.41 Å². The van der Waals surface area contributed by atoms with Crippen molar-refractivity contribution < 1.29 is 59.4 Å². The molecule has 168 valence electrons. The number of hydrogen-bond donors (Lipinski definition) is 6. The van der Waals surface area contributed by atoms with Crippen molar-refractivity contribution in [2.75, 3.05) is 0 Å². The molecule has 12 nitrogen and oxygen atoms in total. The molecule has 1 saturated carbocycles. The van der Waals surface area contributed by atoms with Crippen molar-refractivity contribution in [3.05, 3.63) is 0 Å². The Morgan fingerprint density at radius 2 is 0.700 bits per heavy atom. The average molecular weight is 432 g/mol. The molecule has 0 aromatic heterocycles. The van der Waals surface area contributed by atoms with Crippen LogP contribution in [0, 0.1) is 16.2 Å². The van der Waals surface area contributed by atoms with Crippen LogP contribution in [0.4, 0.5) is 0 Å². The van der Waals surface area contributed by atoms with E-state index in [1.54, 1.807) is 0 Å². The van der Waals surface area contributed by atoms with Crippen molar-refractivity contribution in [2.45, 2.75) is 57.8 Å². The fourth-order valence-electron chi connectivity index (χ4n) is 5.45. The summed E-state index contributed by atoms with van der Waals surface area (Å²) >= 11 is 0. The molecule has 1 fully saturated rings. The lowest BCUT2D eigenvalue weighted by Gasteiger charge is -2.62. The molecule has 0 bridgehead atoms. The Morgan fingerprint density at radius 3 is 0.900 bits per heavy atom. The van der Waals surface area contributed by atoms with E-state index in [2.05, 4.69) is 0 Å². The second-order valence-electron chi connectivity index (χ2n) is 7.92. The number of hydrogen-bond acceptors (Lipinski definition) is 6. The molecule has 0 spiro atoms. The van der Waals surface area contributed by atoms with Crippen molar-refractivity contribution >= 4 is 35.8 Å². The highest BCUT2D eigenvalue weighted by atomic mass is 16.4. The van der Waals surface area contributed by atoms with E-state index < -0.39 is 90.6 Å². The van der Waals surface area contributed by atoms with E-state index in [9.17, 15) is 59.4 Å². The Morgan fingerprint density at radius 1 is 0.467 bits per heavy atom. The number of carboxylic acids is 6. The van der Waals surface area contributed by atoms with Crippen molar-refractivity contribution in [3.63, 3.8) is 0 Å². The number of rotatable bonds is 12. The SMILES string of the molecule is O=C(O)CC1(CC(=O)O)CCCC(CC(=O)O)(CC(=O)O)C1(CC(=O)O)CC(=O)O. The first-order valence-corrected chi connectivity index (χ1v) is 9.02. The van der Waals surface area contributed by atoms with Gasteiger partial charge in [-0.3, -0.25) is 28.8 Å². The van der Waals surface area contributed by atoms with Crippen LogP contribution in [-0.2, 0) is 28.8 Å². The lowest BCUT2D eigenvalue weighted by molar-refractivity contribution is -0.199. The maximum absolute atomic E-state index is 11.8. The maximum Gasteiger partial charge on any atom is 0.303 e. The minimum atomic E-state index is -2.25. The van der Waals surface area contributed by atoms with Gasteiger partial charge in [0.05, 0.1) is 38.5 Å². The zero-order valence-corrected chi connectivity index (χ0v) is 16.0. The van der Waals surface area contributed by atoms with Gasteiger partial charge in [0.25, 0.3) is 0 Å². The fraction of sp³-hybridized carbons (Fsp3) is 0.667. The van der Waals surface area contributed by atoms with Crippen LogP contribution in [0.15, 0.2) is 0 Å². The maximum atomic E-state index is 11.8. The zero-order chi connectivity index (χ0) is 23.3. The molecule has 0 unspecified atom stereocenters. The molecule has 12 heteroatoms. The zero-order valence-electron chi connectivity index (χ0n) is 16.0. The van der Waals surface area contributed by atoms with Crippen molar-refractivity contribution in [1.29, 1.82) is 0 Å². The molecule has 0 aromatic carbocycles. The van der Waals surface area contributed by atoms with Crippen LogP contribution in [0.3, 0.4) is 0 Å². The summed E-state index contributed by atoms with van der Waals surface area (Å²) in [6.07, 6.45) is -6.33. The van der Waals surface area contributed by atoms with Gasteiger partial charge in [-0.2, -0.15) is 0 Å². The highest BCUT2D eigenvalue weighted by Crippen LogP contribution is 2.69. The van der Waals surface area contributed by atoms with Crippen LogP contribution >= 0.6 is 0 Å². The number of carbonyl (C=O) groups is 6. The summed E-state index contributed by atoms with van der Waals surface area (Å²) in [5, 5.41) is 57.0. The standard InChI is InChI=1S/C18H24O12/c19-10(20)4-16(5-11(21)22)2-1-3-17(6-12(23)24,7-13(25)26)18(16,8-14(27)28)9-15(29)30/h1-9H2,(H,19,20)(H,21,22)(H,23,24)(H,25,26)(H,27,28)(H,29,30). The van der Waals surface area contributed by atoms with Crippen LogP contribution < -0.4 is 0 Å². The minimum Gasteiger partial charge on any atom is -0.481 e. The monoisotopic (exact) mass is 432 g/mol. The molecule has 6 N–H and O–H groups in total. The third-order valence-electron chi connectivity index (χ3n) is 6.21. The van der Waals surface area contributed by atoms with Gasteiger partial charge in [-0.1, -0.05) is 6.42 Å². The minimum absolute atomic E-state index is 0.0160. The van der Waals surface area contributed by atoms with E-state index in [1.165, 1.54) is 0 Å². The van der Waals surface area contributed by atoms with Gasteiger partial charge in [-0.15, -0.1) is 0 Å². The van der Waals surface area contributed by atoms with E-state index in [4.69, 9.17) is 0 Å². The summed E-state index contributed by atoms with van der Waals surface area (Å²) in [5.41, 5.74) is -6.21. The van der Waals surface area contributed by atoms with E-state index >= 15 is 0 Å². The Bertz CT molecular complexity index is 658. The lowest BCUT2D eigenvalue weighted by Crippen LogP contribution is -2.61. The Balaban J connectivity index is 4.04.